The molecule has 1 N–H and O–H groups in total. The average Bonchev–Trinajstić information content (AvgIpc) is 2.55. The summed E-state index contributed by atoms with van der Waals surface area (Å²) in [4.78, 5) is 0.302. The van der Waals surface area contributed by atoms with E-state index in [1.54, 1.807) is 12.1 Å². The number of rotatable bonds is 7. The van der Waals surface area contributed by atoms with Crippen molar-refractivity contribution in [2.24, 2.45) is 0 Å². The summed E-state index contributed by atoms with van der Waals surface area (Å²) in [7, 11) is -3.56. The minimum atomic E-state index is -3.56. The highest BCUT2D eigenvalue weighted by Gasteiger charge is 2.17. The zero-order valence-electron chi connectivity index (χ0n) is 14.0. The Hall–Kier alpha value is -1.81. The SMILES string of the molecule is CCCc1ccc(S(=O)(=O)Nc2ccccc2C(C)CC)cc1. The maximum Gasteiger partial charge on any atom is 0.261 e. The van der Waals surface area contributed by atoms with Crippen LogP contribution in [0.5, 0.6) is 0 Å². The summed E-state index contributed by atoms with van der Waals surface area (Å²) in [5.74, 6) is 0.306. The Morgan fingerprint density at radius 3 is 2.26 bits per heavy atom. The predicted molar refractivity (Wildman–Crippen MR) is 96.4 cm³/mol. The maximum absolute atomic E-state index is 12.6. The number of benzene rings is 2. The molecule has 0 bridgehead atoms. The average molecular weight is 331 g/mol. The fourth-order valence-corrected chi connectivity index (χ4v) is 3.65. The molecule has 3 nitrogen and oxygen atoms in total. The molecular weight excluding hydrogens is 306 g/mol. The summed E-state index contributed by atoms with van der Waals surface area (Å²) in [5, 5.41) is 0. The van der Waals surface area contributed by atoms with Crippen molar-refractivity contribution >= 4 is 15.7 Å². The molecule has 2 aromatic carbocycles. The standard InChI is InChI=1S/C19H25NO2S/c1-4-8-16-11-13-17(14-12-16)23(21,22)20-19-10-7-6-9-18(19)15(3)5-2/h6-7,9-15,20H,4-5,8H2,1-3H3. The number of para-hydroxylation sites is 1. The van der Waals surface area contributed by atoms with Gasteiger partial charge < -0.3 is 0 Å². The van der Waals surface area contributed by atoms with E-state index in [1.165, 1.54) is 0 Å². The Morgan fingerprint density at radius 2 is 1.65 bits per heavy atom. The van der Waals surface area contributed by atoms with Crippen molar-refractivity contribution in [1.82, 2.24) is 0 Å². The van der Waals surface area contributed by atoms with Crippen LogP contribution in [0.1, 0.15) is 50.7 Å². The molecule has 0 aliphatic rings. The van der Waals surface area contributed by atoms with Crippen LogP contribution in [-0.2, 0) is 16.4 Å². The van der Waals surface area contributed by atoms with Gasteiger partial charge in [0.2, 0.25) is 0 Å². The van der Waals surface area contributed by atoms with Crippen LogP contribution in [-0.4, -0.2) is 8.42 Å². The predicted octanol–water partition coefficient (Wildman–Crippen LogP) is 4.95. The van der Waals surface area contributed by atoms with Crippen molar-refractivity contribution in [2.75, 3.05) is 4.72 Å². The molecule has 2 rings (SSSR count). The Kier molecular flexibility index (Phi) is 5.83. The van der Waals surface area contributed by atoms with E-state index in [4.69, 9.17) is 0 Å². The molecule has 124 valence electrons. The van der Waals surface area contributed by atoms with Crippen LogP contribution >= 0.6 is 0 Å². The lowest BCUT2D eigenvalue weighted by molar-refractivity contribution is 0.601. The van der Waals surface area contributed by atoms with Crippen LogP contribution in [0.2, 0.25) is 0 Å². The molecule has 0 saturated heterocycles. The van der Waals surface area contributed by atoms with Gasteiger partial charge in [-0.1, -0.05) is 57.5 Å². The third-order valence-corrected chi connectivity index (χ3v) is 5.50. The summed E-state index contributed by atoms with van der Waals surface area (Å²) < 4.78 is 28.0. The topological polar surface area (TPSA) is 46.2 Å². The lowest BCUT2D eigenvalue weighted by Gasteiger charge is -2.16. The van der Waals surface area contributed by atoms with Crippen LogP contribution in [0.25, 0.3) is 0 Å². The quantitative estimate of drug-likeness (QED) is 0.780. The molecule has 1 atom stereocenters. The van der Waals surface area contributed by atoms with Crippen molar-refractivity contribution in [2.45, 2.75) is 50.8 Å². The molecule has 2 aromatic rings. The van der Waals surface area contributed by atoms with Crippen molar-refractivity contribution in [3.05, 3.63) is 59.7 Å². The van der Waals surface area contributed by atoms with E-state index in [0.29, 0.717) is 16.5 Å². The minimum Gasteiger partial charge on any atom is -0.279 e. The Bertz CT molecular complexity index is 736. The molecular formula is C19H25NO2S. The Morgan fingerprint density at radius 1 is 1.00 bits per heavy atom. The second-order valence-corrected chi connectivity index (χ2v) is 7.58. The van der Waals surface area contributed by atoms with Crippen LogP contribution in [0.3, 0.4) is 0 Å². The molecule has 0 fully saturated rings. The fourth-order valence-electron chi connectivity index (χ4n) is 2.57. The van der Waals surface area contributed by atoms with Gasteiger partial charge in [-0.3, -0.25) is 4.72 Å². The van der Waals surface area contributed by atoms with E-state index in [9.17, 15) is 8.42 Å². The normalized spacial score (nSPS) is 12.8. The van der Waals surface area contributed by atoms with Crippen molar-refractivity contribution in [1.29, 1.82) is 0 Å². The van der Waals surface area contributed by atoms with Crippen LogP contribution in [0.15, 0.2) is 53.4 Å². The molecule has 0 aliphatic carbocycles. The maximum atomic E-state index is 12.6. The van der Waals surface area contributed by atoms with E-state index in [0.717, 1.165) is 30.4 Å². The first-order chi connectivity index (χ1) is 11.0. The molecule has 0 radical (unpaired) electrons. The highest BCUT2D eigenvalue weighted by Crippen LogP contribution is 2.28. The first-order valence-electron chi connectivity index (χ1n) is 8.18. The van der Waals surface area contributed by atoms with Crippen molar-refractivity contribution in [3.8, 4) is 0 Å². The number of hydrogen-bond acceptors (Lipinski definition) is 2. The molecule has 0 amide bonds. The largest absolute Gasteiger partial charge is 0.279 e. The first-order valence-corrected chi connectivity index (χ1v) is 9.67. The molecule has 1 unspecified atom stereocenters. The molecule has 0 saturated carbocycles. The van der Waals surface area contributed by atoms with E-state index in [2.05, 4.69) is 25.5 Å². The fraction of sp³-hybridized carbons (Fsp3) is 0.368. The van der Waals surface area contributed by atoms with Crippen molar-refractivity contribution < 1.29 is 8.42 Å². The van der Waals surface area contributed by atoms with Gasteiger partial charge in [0.15, 0.2) is 0 Å². The van der Waals surface area contributed by atoms with E-state index >= 15 is 0 Å². The molecule has 0 spiro atoms. The Balaban J connectivity index is 2.28. The number of nitrogens with one attached hydrogen (secondary N) is 1. The Labute approximate surface area is 139 Å². The zero-order valence-corrected chi connectivity index (χ0v) is 14.9. The third kappa shape index (κ3) is 4.35. The first kappa shape index (κ1) is 17.5. The summed E-state index contributed by atoms with van der Waals surface area (Å²) >= 11 is 0. The van der Waals surface area contributed by atoms with E-state index in [1.807, 2.05) is 36.4 Å². The number of anilines is 1. The van der Waals surface area contributed by atoms with Gasteiger partial charge in [0, 0.05) is 0 Å². The van der Waals surface area contributed by atoms with Crippen molar-refractivity contribution in [3.63, 3.8) is 0 Å². The van der Waals surface area contributed by atoms with Gasteiger partial charge >= 0.3 is 0 Å². The summed E-state index contributed by atoms with van der Waals surface area (Å²) in [6.45, 7) is 6.31. The van der Waals surface area contributed by atoms with Crippen LogP contribution < -0.4 is 4.72 Å². The minimum absolute atomic E-state index is 0.302. The van der Waals surface area contributed by atoms with E-state index in [-0.39, 0.29) is 0 Å². The lowest BCUT2D eigenvalue weighted by atomic mass is 9.97. The third-order valence-electron chi connectivity index (χ3n) is 4.12. The summed E-state index contributed by atoms with van der Waals surface area (Å²) in [6, 6.07) is 14.7. The molecule has 0 aliphatic heterocycles. The molecule has 4 heteroatoms. The second-order valence-electron chi connectivity index (χ2n) is 5.90. The van der Waals surface area contributed by atoms with Crippen LogP contribution in [0, 0.1) is 0 Å². The van der Waals surface area contributed by atoms with Gasteiger partial charge in [0.25, 0.3) is 10.0 Å². The van der Waals surface area contributed by atoms with Gasteiger partial charge in [0.1, 0.15) is 0 Å². The monoisotopic (exact) mass is 331 g/mol. The smallest absolute Gasteiger partial charge is 0.261 e. The number of sulfonamides is 1. The molecule has 23 heavy (non-hydrogen) atoms. The number of aryl methyl sites for hydroxylation is 1. The molecule has 0 aromatic heterocycles. The van der Waals surface area contributed by atoms with Gasteiger partial charge in [-0.2, -0.15) is 0 Å². The van der Waals surface area contributed by atoms with Crippen LogP contribution in [0.4, 0.5) is 5.69 Å². The highest BCUT2D eigenvalue weighted by molar-refractivity contribution is 7.92. The summed E-state index contributed by atoms with van der Waals surface area (Å²) in [6.07, 6.45) is 2.97. The molecule has 0 heterocycles. The van der Waals surface area contributed by atoms with Gasteiger partial charge in [-0.25, -0.2) is 8.42 Å². The summed E-state index contributed by atoms with van der Waals surface area (Å²) in [5.41, 5.74) is 2.85. The number of hydrogen-bond donors (Lipinski definition) is 1. The van der Waals surface area contributed by atoms with Gasteiger partial charge in [-0.15, -0.1) is 0 Å². The van der Waals surface area contributed by atoms with E-state index < -0.39 is 10.0 Å². The highest BCUT2D eigenvalue weighted by atomic mass is 32.2. The second kappa shape index (κ2) is 7.64. The van der Waals surface area contributed by atoms with Gasteiger partial charge in [0.05, 0.1) is 10.6 Å². The van der Waals surface area contributed by atoms with Gasteiger partial charge in [-0.05, 0) is 48.1 Å². The lowest BCUT2D eigenvalue weighted by Crippen LogP contribution is -2.14. The zero-order chi connectivity index (χ0) is 16.9.